The lowest BCUT2D eigenvalue weighted by Crippen LogP contribution is -2.09. The van der Waals surface area contributed by atoms with Crippen LogP contribution in [0.1, 0.15) is 64.7 Å². The highest BCUT2D eigenvalue weighted by atomic mass is 16.8. The molecule has 1 unspecified atom stereocenters. The third kappa shape index (κ3) is 5.99. The maximum atomic E-state index is 10.6. The zero-order chi connectivity index (χ0) is 11.6. The molecule has 0 radical (unpaired) electrons. The minimum absolute atomic E-state index is 0.0209. The topological polar surface area (TPSA) is 35.5 Å². The fourth-order valence-electron chi connectivity index (χ4n) is 2.01. The van der Waals surface area contributed by atoms with Crippen LogP contribution in [0.15, 0.2) is 0 Å². The van der Waals surface area contributed by atoms with Gasteiger partial charge in [0.1, 0.15) is 12.7 Å². The molecule has 0 aromatic carbocycles. The van der Waals surface area contributed by atoms with Crippen molar-refractivity contribution < 1.29 is 14.3 Å². The quantitative estimate of drug-likeness (QED) is 0.441. The average molecular weight is 228 g/mol. The van der Waals surface area contributed by atoms with E-state index < -0.39 is 6.16 Å². The Hall–Kier alpha value is -0.730. The molecule has 0 aromatic heterocycles. The molecule has 1 fully saturated rings. The standard InChI is InChI=1S/C13H24O3/c1-2-3-4-5-6-7-8-9-10-12-11-15-13(14)16-12/h12H,2-11H2,1H3. The number of carbonyl (C=O) groups excluding carboxylic acids is 1. The molecule has 94 valence electrons. The lowest BCUT2D eigenvalue weighted by atomic mass is 10.1. The number of rotatable bonds is 9. The molecule has 16 heavy (non-hydrogen) atoms. The van der Waals surface area contributed by atoms with Gasteiger partial charge in [-0.1, -0.05) is 51.9 Å². The molecule has 3 nitrogen and oxygen atoms in total. The summed E-state index contributed by atoms with van der Waals surface area (Å²) in [7, 11) is 0. The van der Waals surface area contributed by atoms with E-state index in [1.807, 2.05) is 0 Å². The molecule has 1 aliphatic heterocycles. The van der Waals surface area contributed by atoms with Crippen molar-refractivity contribution in [3.63, 3.8) is 0 Å². The highest BCUT2D eigenvalue weighted by molar-refractivity contribution is 5.61. The van der Waals surface area contributed by atoms with Gasteiger partial charge in [0.2, 0.25) is 0 Å². The summed E-state index contributed by atoms with van der Waals surface area (Å²) in [4.78, 5) is 10.6. The molecule has 1 saturated heterocycles. The van der Waals surface area contributed by atoms with Crippen LogP contribution in [0, 0.1) is 0 Å². The third-order valence-corrected chi connectivity index (χ3v) is 3.03. The molecular weight excluding hydrogens is 204 g/mol. The Kier molecular flexibility index (Phi) is 7.02. The van der Waals surface area contributed by atoms with Gasteiger partial charge in [-0.15, -0.1) is 0 Å². The highest BCUT2D eigenvalue weighted by Gasteiger charge is 2.23. The first kappa shape index (κ1) is 13.3. The van der Waals surface area contributed by atoms with E-state index in [0.29, 0.717) is 6.61 Å². The lowest BCUT2D eigenvalue weighted by Gasteiger charge is -2.05. The van der Waals surface area contributed by atoms with E-state index in [9.17, 15) is 4.79 Å². The molecule has 1 heterocycles. The fourth-order valence-corrected chi connectivity index (χ4v) is 2.01. The Morgan fingerprint density at radius 2 is 1.69 bits per heavy atom. The van der Waals surface area contributed by atoms with E-state index in [1.54, 1.807) is 0 Å². The van der Waals surface area contributed by atoms with Gasteiger partial charge in [-0.2, -0.15) is 0 Å². The van der Waals surface area contributed by atoms with Crippen molar-refractivity contribution in [3.8, 4) is 0 Å². The van der Waals surface area contributed by atoms with Crippen molar-refractivity contribution in [2.45, 2.75) is 70.8 Å². The van der Waals surface area contributed by atoms with Crippen LogP contribution >= 0.6 is 0 Å². The van der Waals surface area contributed by atoms with E-state index in [0.717, 1.165) is 12.8 Å². The molecule has 1 aliphatic rings. The Labute approximate surface area is 98.5 Å². The Balaban J connectivity index is 1.79. The first-order valence-corrected chi connectivity index (χ1v) is 6.66. The van der Waals surface area contributed by atoms with E-state index in [1.165, 1.54) is 44.9 Å². The molecule has 1 rings (SSSR count). The van der Waals surface area contributed by atoms with Gasteiger partial charge >= 0.3 is 6.16 Å². The van der Waals surface area contributed by atoms with Crippen LogP contribution in [0.5, 0.6) is 0 Å². The zero-order valence-electron chi connectivity index (χ0n) is 10.4. The third-order valence-electron chi connectivity index (χ3n) is 3.03. The van der Waals surface area contributed by atoms with Gasteiger partial charge < -0.3 is 9.47 Å². The average Bonchev–Trinajstić information content (AvgIpc) is 2.68. The maximum Gasteiger partial charge on any atom is 0.508 e. The van der Waals surface area contributed by atoms with Gasteiger partial charge in [0.15, 0.2) is 0 Å². The van der Waals surface area contributed by atoms with E-state index in [4.69, 9.17) is 9.47 Å². The van der Waals surface area contributed by atoms with Crippen LogP contribution in [0.2, 0.25) is 0 Å². The minimum atomic E-state index is -0.496. The summed E-state index contributed by atoms with van der Waals surface area (Å²) in [6.07, 6.45) is 11.0. The van der Waals surface area contributed by atoms with Crippen LogP contribution < -0.4 is 0 Å². The number of unbranched alkanes of at least 4 members (excludes halogenated alkanes) is 7. The Morgan fingerprint density at radius 1 is 1.06 bits per heavy atom. The molecule has 0 aromatic rings. The lowest BCUT2D eigenvalue weighted by molar-refractivity contribution is 0.115. The molecule has 0 saturated carbocycles. The number of ether oxygens (including phenoxy) is 2. The largest absolute Gasteiger partial charge is 0.508 e. The second-order valence-electron chi connectivity index (χ2n) is 4.56. The van der Waals surface area contributed by atoms with Crippen LogP contribution in [-0.2, 0) is 9.47 Å². The van der Waals surface area contributed by atoms with Gasteiger partial charge in [-0.25, -0.2) is 4.79 Å². The summed E-state index contributed by atoms with van der Waals surface area (Å²) in [5, 5.41) is 0. The fraction of sp³-hybridized carbons (Fsp3) is 0.923. The molecule has 0 N–H and O–H groups in total. The van der Waals surface area contributed by atoms with Gasteiger partial charge in [0.05, 0.1) is 0 Å². The first-order chi connectivity index (χ1) is 7.83. The van der Waals surface area contributed by atoms with Crippen molar-refractivity contribution in [2.24, 2.45) is 0 Å². The van der Waals surface area contributed by atoms with E-state index in [2.05, 4.69) is 6.92 Å². The summed E-state index contributed by atoms with van der Waals surface area (Å²) in [6, 6.07) is 0. The normalized spacial score (nSPS) is 19.6. The van der Waals surface area contributed by atoms with Gasteiger partial charge in [0, 0.05) is 0 Å². The molecular formula is C13H24O3. The summed E-state index contributed by atoms with van der Waals surface area (Å²) in [5.41, 5.74) is 0. The number of hydrogen-bond acceptors (Lipinski definition) is 3. The van der Waals surface area contributed by atoms with Crippen molar-refractivity contribution in [2.75, 3.05) is 6.61 Å². The molecule has 0 amide bonds. The summed E-state index contributed by atoms with van der Waals surface area (Å²) in [5.74, 6) is 0. The van der Waals surface area contributed by atoms with Crippen molar-refractivity contribution in [1.29, 1.82) is 0 Å². The van der Waals surface area contributed by atoms with Crippen molar-refractivity contribution in [3.05, 3.63) is 0 Å². The van der Waals surface area contributed by atoms with E-state index >= 15 is 0 Å². The second kappa shape index (κ2) is 8.43. The second-order valence-corrected chi connectivity index (χ2v) is 4.56. The molecule has 1 atom stereocenters. The maximum absolute atomic E-state index is 10.6. The SMILES string of the molecule is CCCCCCCCCCC1COC(=O)O1. The predicted octanol–water partition coefficient (Wildman–Crippen LogP) is 4.05. The molecule has 0 aliphatic carbocycles. The summed E-state index contributed by atoms with van der Waals surface area (Å²) in [6.45, 7) is 2.69. The Bertz CT molecular complexity index is 192. The smallest absolute Gasteiger partial charge is 0.430 e. The van der Waals surface area contributed by atoms with Crippen LogP contribution in [0.25, 0.3) is 0 Å². The van der Waals surface area contributed by atoms with Gasteiger partial charge in [-0.3, -0.25) is 0 Å². The molecule has 3 heteroatoms. The van der Waals surface area contributed by atoms with E-state index in [-0.39, 0.29) is 6.10 Å². The van der Waals surface area contributed by atoms with Crippen LogP contribution in [0.4, 0.5) is 4.79 Å². The predicted molar refractivity (Wildman–Crippen MR) is 63.4 cm³/mol. The Morgan fingerprint density at radius 3 is 2.25 bits per heavy atom. The zero-order valence-corrected chi connectivity index (χ0v) is 10.4. The summed E-state index contributed by atoms with van der Waals surface area (Å²) >= 11 is 0. The monoisotopic (exact) mass is 228 g/mol. The van der Waals surface area contributed by atoms with Crippen LogP contribution in [0.3, 0.4) is 0 Å². The van der Waals surface area contributed by atoms with Crippen molar-refractivity contribution >= 4 is 6.16 Å². The van der Waals surface area contributed by atoms with Gasteiger partial charge in [0.25, 0.3) is 0 Å². The number of hydrogen-bond donors (Lipinski definition) is 0. The molecule has 0 spiro atoms. The minimum Gasteiger partial charge on any atom is -0.430 e. The van der Waals surface area contributed by atoms with Crippen LogP contribution in [-0.4, -0.2) is 18.9 Å². The number of carbonyl (C=O) groups is 1. The molecule has 0 bridgehead atoms. The highest BCUT2D eigenvalue weighted by Crippen LogP contribution is 2.15. The van der Waals surface area contributed by atoms with Crippen molar-refractivity contribution in [1.82, 2.24) is 0 Å². The summed E-state index contributed by atoms with van der Waals surface area (Å²) < 4.78 is 9.69. The number of cyclic esters (lactones) is 2. The first-order valence-electron chi connectivity index (χ1n) is 6.66. The van der Waals surface area contributed by atoms with Gasteiger partial charge in [-0.05, 0) is 12.8 Å².